The largest absolute Gasteiger partial charge is 0.491 e. The van der Waals surface area contributed by atoms with Gasteiger partial charge in [-0.2, -0.15) is 0 Å². The Balaban J connectivity index is 2.05. The first-order valence-corrected chi connectivity index (χ1v) is 8.34. The van der Waals surface area contributed by atoms with Gasteiger partial charge in [0.05, 0.1) is 18.9 Å². The Hall–Kier alpha value is -0.930. The molecule has 4 heteroatoms. The first-order chi connectivity index (χ1) is 10.2. The van der Waals surface area contributed by atoms with Crippen LogP contribution in [-0.2, 0) is 0 Å². The van der Waals surface area contributed by atoms with E-state index in [1.165, 1.54) is 19.3 Å². The number of aliphatic hydroxyl groups is 1. The van der Waals surface area contributed by atoms with Crippen molar-refractivity contribution in [3.8, 4) is 5.75 Å². The number of anilines is 1. The zero-order chi connectivity index (χ0) is 15.1. The van der Waals surface area contributed by atoms with Crippen LogP contribution in [0.3, 0.4) is 0 Å². The van der Waals surface area contributed by atoms with Crippen LogP contribution in [0.25, 0.3) is 0 Å². The number of aliphatic hydroxyl groups excluding tert-OH is 1. The first-order valence-electron chi connectivity index (χ1n) is 7.96. The summed E-state index contributed by atoms with van der Waals surface area (Å²) in [5, 5.41) is 13.9. The van der Waals surface area contributed by atoms with E-state index in [0.29, 0.717) is 11.6 Å². The molecule has 1 aromatic carbocycles. The van der Waals surface area contributed by atoms with Crippen LogP contribution in [0, 0.1) is 5.41 Å². The Labute approximate surface area is 132 Å². The molecule has 1 aliphatic rings. The van der Waals surface area contributed by atoms with Crippen molar-refractivity contribution < 1.29 is 9.84 Å². The minimum Gasteiger partial charge on any atom is -0.491 e. The van der Waals surface area contributed by atoms with Crippen LogP contribution < -0.4 is 10.1 Å². The summed E-state index contributed by atoms with van der Waals surface area (Å²) < 4.78 is 5.76. The smallest absolute Gasteiger partial charge is 0.142 e. The van der Waals surface area contributed by atoms with Crippen molar-refractivity contribution in [3.05, 3.63) is 23.2 Å². The minimum atomic E-state index is 0.00257. The lowest BCUT2D eigenvalue weighted by Crippen LogP contribution is -2.35. The molecule has 0 unspecified atom stereocenters. The van der Waals surface area contributed by atoms with Gasteiger partial charge in [0.15, 0.2) is 0 Å². The van der Waals surface area contributed by atoms with Crippen molar-refractivity contribution in [2.24, 2.45) is 5.41 Å². The third-order valence-corrected chi connectivity index (χ3v) is 4.54. The molecule has 3 nitrogen and oxygen atoms in total. The van der Waals surface area contributed by atoms with Gasteiger partial charge in [0.2, 0.25) is 0 Å². The molecule has 0 heterocycles. The Morgan fingerprint density at radius 1 is 1.29 bits per heavy atom. The van der Waals surface area contributed by atoms with Crippen LogP contribution in [-0.4, -0.2) is 24.9 Å². The van der Waals surface area contributed by atoms with Crippen molar-refractivity contribution in [1.29, 1.82) is 0 Å². The zero-order valence-electron chi connectivity index (χ0n) is 12.8. The molecule has 1 aliphatic carbocycles. The van der Waals surface area contributed by atoms with E-state index in [2.05, 4.69) is 12.2 Å². The Kier molecular flexibility index (Phi) is 6.19. The van der Waals surface area contributed by atoms with Crippen molar-refractivity contribution >= 4 is 17.3 Å². The highest BCUT2D eigenvalue weighted by atomic mass is 35.5. The van der Waals surface area contributed by atoms with Gasteiger partial charge in [0, 0.05) is 17.0 Å². The molecule has 0 aromatic heterocycles. The lowest BCUT2D eigenvalue weighted by atomic mass is 9.74. The molecule has 118 valence electrons. The van der Waals surface area contributed by atoms with Crippen molar-refractivity contribution in [3.63, 3.8) is 0 Å². The summed E-state index contributed by atoms with van der Waals surface area (Å²) in [7, 11) is 0. The van der Waals surface area contributed by atoms with Crippen LogP contribution in [0.5, 0.6) is 5.75 Å². The Morgan fingerprint density at radius 3 is 2.71 bits per heavy atom. The molecule has 0 amide bonds. The third-order valence-electron chi connectivity index (χ3n) is 4.31. The molecule has 1 fully saturated rings. The molecular weight excluding hydrogens is 286 g/mol. The van der Waals surface area contributed by atoms with E-state index in [-0.39, 0.29) is 12.0 Å². The first kappa shape index (κ1) is 16.4. The second-order valence-corrected chi connectivity index (χ2v) is 6.50. The minimum absolute atomic E-state index is 0.00257. The van der Waals surface area contributed by atoms with E-state index in [0.717, 1.165) is 37.2 Å². The topological polar surface area (TPSA) is 41.5 Å². The zero-order valence-corrected chi connectivity index (χ0v) is 13.6. The van der Waals surface area contributed by atoms with Crippen LogP contribution in [0.1, 0.15) is 45.4 Å². The standard InChI is InChI=1S/C17H26ClNO2/c1-2-10-21-16-7-6-14(18)11-15(16)19-12-17(13-20)8-4-3-5-9-17/h6-7,11,19-20H,2-5,8-10,12-13H2,1H3. The monoisotopic (exact) mass is 311 g/mol. The van der Waals surface area contributed by atoms with Gasteiger partial charge in [-0.25, -0.2) is 0 Å². The summed E-state index contributed by atoms with van der Waals surface area (Å²) in [4.78, 5) is 0. The molecule has 0 saturated heterocycles. The number of ether oxygens (including phenoxy) is 1. The highest BCUT2D eigenvalue weighted by Crippen LogP contribution is 2.37. The van der Waals surface area contributed by atoms with Gasteiger partial charge in [-0.3, -0.25) is 0 Å². The van der Waals surface area contributed by atoms with Gasteiger partial charge in [0.25, 0.3) is 0 Å². The second kappa shape index (κ2) is 7.90. The van der Waals surface area contributed by atoms with Gasteiger partial charge in [-0.15, -0.1) is 0 Å². The third kappa shape index (κ3) is 4.52. The lowest BCUT2D eigenvalue weighted by molar-refractivity contribution is 0.0943. The highest BCUT2D eigenvalue weighted by molar-refractivity contribution is 6.30. The fourth-order valence-corrected chi connectivity index (χ4v) is 3.13. The lowest BCUT2D eigenvalue weighted by Gasteiger charge is -2.36. The number of nitrogens with one attached hydrogen (secondary N) is 1. The molecule has 2 rings (SSSR count). The summed E-state index contributed by atoms with van der Waals surface area (Å²) >= 11 is 6.10. The Bertz CT molecular complexity index is 444. The second-order valence-electron chi connectivity index (χ2n) is 6.06. The molecule has 1 saturated carbocycles. The molecule has 1 aromatic rings. The molecule has 0 spiro atoms. The van der Waals surface area contributed by atoms with Crippen LogP contribution >= 0.6 is 11.6 Å². The average Bonchev–Trinajstić information content (AvgIpc) is 2.53. The van der Waals surface area contributed by atoms with Gasteiger partial charge >= 0.3 is 0 Å². The predicted octanol–water partition coefficient (Wildman–Crippen LogP) is 4.48. The molecule has 0 atom stereocenters. The number of halogens is 1. The summed E-state index contributed by atoms with van der Waals surface area (Å²) in [6.45, 7) is 3.80. The Morgan fingerprint density at radius 2 is 2.05 bits per heavy atom. The van der Waals surface area contributed by atoms with E-state index < -0.39 is 0 Å². The van der Waals surface area contributed by atoms with Gasteiger partial charge in [-0.1, -0.05) is 37.8 Å². The summed E-state index contributed by atoms with van der Waals surface area (Å²) in [5.74, 6) is 0.838. The van der Waals surface area contributed by atoms with E-state index in [4.69, 9.17) is 16.3 Å². The summed E-state index contributed by atoms with van der Waals surface area (Å²) in [6.07, 6.45) is 6.84. The number of hydrogen-bond acceptors (Lipinski definition) is 3. The maximum Gasteiger partial charge on any atom is 0.142 e. The van der Waals surface area contributed by atoms with E-state index >= 15 is 0 Å². The fourth-order valence-electron chi connectivity index (χ4n) is 2.95. The van der Waals surface area contributed by atoms with Gasteiger partial charge in [-0.05, 0) is 37.5 Å². The maximum absolute atomic E-state index is 9.79. The van der Waals surface area contributed by atoms with Crippen LogP contribution in [0.2, 0.25) is 5.02 Å². The highest BCUT2D eigenvalue weighted by Gasteiger charge is 2.31. The average molecular weight is 312 g/mol. The molecule has 2 N–H and O–H groups in total. The SMILES string of the molecule is CCCOc1ccc(Cl)cc1NCC1(CO)CCCCC1. The number of rotatable bonds is 7. The van der Waals surface area contributed by atoms with Crippen molar-refractivity contribution in [1.82, 2.24) is 0 Å². The normalized spacial score (nSPS) is 17.5. The van der Waals surface area contributed by atoms with E-state index in [9.17, 15) is 5.11 Å². The fraction of sp³-hybridized carbons (Fsp3) is 0.647. The molecule has 21 heavy (non-hydrogen) atoms. The van der Waals surface area contributed by atoms with Gasteiger partial charge < -0.3 is 15.2 Å². The number of hydrogen-bond donors (Lipinski definition) is 2. The van der Waals surface area contributed by atoms with E-state index in [1.807, 2.05) is 18.2 Å². The van der Waals surface area contributed by atoms with Crippen LogP contribution in [0.4, 0.5) is 5.69 Å². The molecular formula is C17H26ClNO2. The van der Waals surface area contributed by atoms with Crippen molar-refractivity contribution in [2.75, 3.05) is 25.1 Å². The quantitative estimate of drug-likeness (QED) is 0.780. The molecule has 0 bridgehead atoms. The van der Waals surface area contributed by atoms with Crippen molar-refractivity contribution in [2.45, 2.75) is 45.4 Å². The predicted molar refractivity (Wildman–Crippen MR) is 88.3 cm³/mol. The molecule has 0 aliphatic heterocycles. The maximum atomic E-state index is 9.79. The van der Waals surface area contributed by atoms with E-state index in [1.54, 1.807) is 0 Å². The number of benzene rings is 1. The summed E-state index contributed by atoms with van der Waals surface area (Å²) in [5.41, 5.74) is 0.928. The van der Waals surface area contributed by atoms with Gasteiger partial charge in [0.1, 0.15) is 5.75 Å². The molecule has 0 radical (unpaired) electrons. The summed E-state index contributed by atoms with van der Waals surface area (Å²) in [6, 6.07) is 5.66. The van der Waals surface area contributed by atoms with Crippen LogP contribution in [0.15, 0.2) is 18.2 Å².